The molecule has 0 saturated carbocycles. The monoisotopic (exact) mass is 426 g/mol. The lowest BCUT2D eigenvalue weighted by atomic mass is 9.98. The summed E-state index contributed by atoms with van der Waals surface area (Å²) in [5, 5.41) is -0.0273. The summed E-state index contributed by atoms with van der Waals surface area (Å²) in [5.74, 6) is 0.642. The Balaban J connectivity index is 1.75. The third-order valence-corrected chi connectivity index (χ3v) is 5.55. The second kappa shape index (κ2) is 8.07. The van der Waals surface area contributed by atoms with Crippen molar-refractivity contribution in [3.63, 3.8) is 0 Å². The molecule has 158 valence electrons. The number of piperidine rings is 1. The van der Waals surface area contributed by atoms with Crippen LogP contribution in [-0.2, 0) is 6.18 Å². The molecule has 0 spiro atoms. The number of alkyl halides is 3. The minimum Gasteiger partial charge on any atom is -0.490 e. The Labute approximate surface area is 174 Å². The number of nitrogen functional groups attached to an aromatic ring is 1. The summed E-state index contributed by atoms with van der Waals surface area (Å²) in [6, 6.07) is 8.84. The zero-order valence-corrected chi connectivity index (χ0v) is 17.6. The van der Waals surface area contributed by atoms with E-state index in [0.29, 0.717) is 11.3 Å². The Hall–Kier alpha value is -1.92. The first-order valence-corrected chi connectivity index (χ1v) is 10.0. The summed E-state index contributed by atoms with van der Waals surface area (Å²) in [6.45, 7) is 8.52. The van der Waals surface area contributed by atoms with Gasteiger partial charge in [-0.3, -0.25) is 4.90 Å². The van der Waals surface area contributed by atoms with Gasteiger partial charge in [0, 0.05) is 29.9 Å². The van der Waals surface area contributed by atoms with E-state index in [2.05, 4.69) is 25.7 Å². The first-order valence-electron chi connectivity index (χ1n) is 9.63. The fraction of sp³-hybridized carbons (Fsp3) is 0.455. The van der Waals surface area contributed by atoms with Gasteiger partial charge in [-0.2, -0.15) is 13.2 Å². The van der Waals surface area contributed by atoms with Gasteiger partial charge >= 0.3 is 6.18 Å². The van der Waals surface area contributed by atoms with E-state index in [4.69, 9.17) is 22.1 Å². The Morgan fingerprint density at radius 1 is 1.03 bits per heavy atom. The quantitative estimate of drug-likeness (QED) is 0.589. The minimum atomic E-state index is -4.55. The van der Waals surface area contributed by atoms with Gasteiger partial charge < -0.3 is 10.5 Å². The molecule has 1 aliphatic rings. The summed E-state index contributed by atoms with van der Waals surface area (Å²) in [5.41, 5.74) is 5.14. The molecule has 2 aromatic carbocycles. The highest BCUT2D eigenvalue weighted by Crippen LogP contribution is 2.42. The van der Waals surface area contributed by atoms with Crippen LogP contribution in [-0.4, -0.2) is 29.6 Å². The topological polar surface area (TPSA) is 38.5 Å². The van der Waals surface area contributed by atoms with E-state index in [1.165, 1.54) is 6.07 Å². The largest absolute Gasteiger partial charge is 0.490 e. The SMILES string of the molecule is CC(C)(C)N1CCC(Oc2ccc(-c3c(Cl)cc(N)cc3C(F)(F)F)cc2)CC1. The van der Waals surface area contributed by atoms with Gasteiger partial charge in [-0.05, 0) is 63.4 Å². The van der Waals surface area contributed by atoms with Crippen LogP contribution in [0.2, 0.25) is 5.02 Å². The van der Waals surface area contributed by atoms with E-state index in [0.717, 1.165) is 32.0 Å². The molecule has 1 saturated heterocycles. The van der Waals surface area contributed by atoms with Crippen LogP contribution < -0.4 is 10.5 Å². The molecule has 3 nitrogen and oxygen atoms in total. The van der Waals surface area contributed by atoms with Crippen molar-refractivity contribution < 1.29 is 17.9 Å². The molecule has 1 fully saturated rings. The summed E-state index contributed by atoms with van der Waals surface area (Å²) in [4.78, 5) is 2.43. The van der Waals surface area contributed by atoms with Gasteiger partial charge in [0.1, 0.15) is 11.9 Å². The van der Waals surface area contributed by atoms with Crippen molar-refractivity contribution in [1.29, 1.82) is 0 Å². The molecule has 7 heteroatoms. The molecule has 0 bridgehead atoms. The Morgan fingerprint density at radius 3 is 2.14 bits per heavy atom. The fourth-order valence-electron chi connectivity index (χ4n) is 3.68. The third-order valence-electron chi connectivity index (χ3n) is 5.25. The standard InChI is InChI=1S/C22H26ClF3N2O/c1-21(2,3)28-10-8-17(9-11-28)29-16-6-4-14(5-7-16)20-18(22(24,25)26)12-15(27)13-19(20)23/h4-7,12-13,17H,8-11,27H2,1-3H3. The molecule has 1 heterocycles. The number of nitrogens with zero attached hydrogens (tertiary/aromatic N) is 1. The predicted octanol–water partition coefficient (Wildman–Crippen LogP) is 6.25. The van der Waals surface area contributed by atoms with E-state index >= 15 is 0 Å². The minimum absolute atomic E-state index is 0.0207. The Bertz CT molecular complexity index is 852. The molecule has 29 heavy (non-hydrogen) atoms. The fourth-order valence-corrected chi connectivity index (χ4v) is 4.02. The highest BCUT2D eigenvalue weighted by atomic mass is 35.5. The van der Waals surface area contributed by atoms with Gasteiger partial charge in [0.05, 0.1) is 10.6 Å². The molecule has 0 aromatic heterocycles. The molecule has 2 N–H and O–H groups in total. The number of halogens is 4. The summed E-state index contributed by atoms with van der Waals surface area (Å²) in [6.07, 6.45) is -2.61. The second-order valence-electron chi connectivity index (χ2n) is 8.42. The number of rotatable bonds is 3. The van der Waals surface area contributed by atoms with E-state index in [-0.39, 0.29) is 27.9 Å². The summed E-state index contributed by atoms with van der Waals surface area (Å²) < 4.78 is 46.4. The summed E-state index contributed by atoms with van der Waals surface area (Å²) in [7, 11) is 0. The highest BCUT2D eigenvalue weighted by Gasteiger charge is 2.35. The Kier molecular flexibility index (Phi) is 6.06. The normalized spacial score (nSPS) is 16.8. The number of nitrogens with two attached hydrogens (primary N) is 1. The van der Waals surface area contributed by atoms with Crippen LogP contribution in [0.15, 0.2) is 36.4 Å². The number of benzene rings is 2. The van der Waals surface area contributed by atoms with Gasteiger partial charge in [0.2, 0.25) is 0 Å². The lowest BCUT2D eigenvalue weighted by molar-refractivity contribution is -0.137. The van der Waals surface area contributed by atoms with Crippen LogP contribution in [0.3, 0.4) is 0 Å². The van der Waals surface area contributed by atoms with E-state index < -0.39 is 11.7 Å². The molecule has 0 aliphatic carbocycles. The maximum absolute atomic E-state index is 13.5. The van der Waals surface area contributed by atoms with E-state index in [1.807, 2.05) is 0 Å². The number of ether oxygens (including phenoxy) is 1. The van der Waals surface area contributed by atoms with Gasteiger partial charge in [0.15, 0.2) is 0 Å². The van der Waals surface area contributed by atoms with Crippen LogP contribution in [0, 0.1) is 0 Å². The molecule has 2 aromatic rings. The first-order chi connectivity index (χ1) is 13.4. The van der Waals surface area contributed by atoms with Crippen LogP contribution in [0.1, 0.15) is 39.2 Å². The van der Waals surface area contributed by atoms with Gasteiger partial charge in [-0.1, -0.05) is 23.7 Å². The number of hydrogen-bond acceptors (Lipinski definition) is 3. The van der Waals surface area contributed by atoms with Crippen molar-refractivity contribution in [3.05, 3.63) is 47.0 Å². The van der Waals surface area contributed by atoms with Crippen LogP contribution in [0.25, 0.3) is 11.1 Å². The lowest BCUT2D eigenvalue weighted by Crippen LogP contribution is -2.48. The average molecular weight is 427 g/mol. The van der Waals surface area contributed by atoms with Gasteiger partial charge in [0.25, 0.3) is 0 Å². The van der Waals surface area contributed by atoms with Crippen molar-refractivity contribution in [2.45, 2.75) is 51.4 Å². The first kappa shape index (κ1) is 21.8. The van der Waals surface area contributed by atoms with Gasteiger partial charge in [-0.15, -0.1) is 0 Å². The molecule has 0 amide bonds. The maximum Gasteiger partial charge on any atom is 0.417 e. The number of anilines is 1. The predicted molar refractivity (Wildman–Crippen MR) is 111 cm³/mol. The molecule has 0 unspecified atom stereocenters. The third kappa shape index (κ3) is 5.17. The second-order valence-corrected chi connectivity index (χ2v) is 8.83. The number of likely N-dealkylation sites (tertiary alicyclic amines) is 1. The smallest absolute Gasteiger partial charge is 0.417 e. The van der Waals surface area contributed by atoms with Gasteiger partial charge in [-0.25, -0.2) is 0 Å². The molecule has 3 rings (SSSR count). The van der Waals surface area contributed by atoms with E-state index in [1.54, 1.807) is 24.3 Å². The molecular formula is C22H26ClF3N2O. The van der Waals surface area contributed by atoms with Crippen molar-refractivity contribution in [1.82, 2.24) is 4.90 Å². The zero-order valence-electron chi connectivity index (χ0n) is 16.8. The molecular weight excluding hydrogens is 401 g/mol. The average Bonchev–Trinajstić information content (AvgIpc) is 2.61. The van der Waals surface area contributed by atoms with Crippen molar-refractivity contribution in [3.8, 4) is 16.9 Å². The van der Waals surface area contributed by atoms with Crippen LogP contribution in [0.5, 0.6) is 5.75 Å². The number of hydrogen-bond donors (Lipinski definition) is 1. The molecule has 1 aliphatic heterocycles. The lowest BCUT2D eigenvalue weighted by Gasteiger charge is -2.40. The molecule has 0 radical (unpaired) electrons. The highest BCUT2D eigenvalue weighted by molar-refractivity contribution is 6.33. The van der Waals surface area contributed by atoms with Crippen LogP contribution in [0.4, 0.5) is 18.9 Å². The molecule has 0 atom stereocenters. The van der Waals surface area contributed by atoms with Crippen molar-refractivity contribution >= 4 is 17.3 Å². The van der Waals surface area contributed by atoms with Crippen LogP contribution >= 0.6 is 11.6 Å². The summed E-state index contributed by atoms with van der Waals surface area (Å²) >= 11 is 6.11. The Morgan fingerprint density at radius 2 is 1.62 bits per heavy atom. The van der Waals surface area contributed by atoms with Crippen molar-refractivity contribution in [2.24, 2.45) is 0 Å². The van der Waals surface area contributed by atoms with E-state index in [9.17, 15) is 13.2 Å². The maximum atomic E-state index is 13.5. The van der Waals surface area contributed by atoms with Crippen molar-refractivity contribution in [2.75, 3.05) is 18.8 Å². The zero-order chi connectivity index (χ0) is 21.4.